The summed E-state index contributed by atoms with van der Waals surface area (Å²) in [7, 11) is 0. The third-order valence-corrected chi connectivity index (χ3v) is 3.54. The van der Waals surface area contributed by atoms with Gasteiger partial charge in [-0.1, -0.05) is 12.8 Å². The van der Waals surface area contributed by atoms with E-state index in [2.05, 4.69) is 5.92 Å². The molecule has 0 amide bonds. The van der Waals surface area contributed by atoms with Gasteiger partial charge in [-0.25, -0.2) is 0 Å². The molecule has 1 nitrogen and oxygen atoms in total. The lowest BCUT2D eigenvalue weighted by Gasteiger charge is -2.28. The van der Waals surface area contributed by atoms with Crippen molar-refractivity contribution in [3.05, 3.63) is 0 Å². The van der Waals surface area contributed by atoms with Crippen molar-refractivity contribution in [1.82, 2.24) is 0 Å². The molecule has 0 N–H and O–H groups in total. The Labute approximate surface area is 80.9 Å². The number of ether oxygens (including phenoxy) is 1. The zero-order valence-corrected chi connectivity index (χ0v) is 8.22. The second-order valence-corrected chi connectivity index (χ2v) is 4.39. The van der Waals surface area contributed by atoms with Crippen LogP contribution < -0.4 is 0 Å². The van der Waals surface area contributed by atoms with E-state index in [0.717, 1.165) is 18.9 Å². The molecule has 1 saturated heterocycles. The highest BCUT2D eigenvalue weighted by Gasteiger charge is 2.51. The Bertz CT molecular complexity index is 210. The van der Waals surface area contributed by atoms with Crippen molar-refractivity contribution < 1.29 is 4.74 Å². The molecule has 1 saturated carbocycles. The van der Waals surface area contributed by atoms with Crippen LogP contribution in [0.3, 0.4) is 0 Å². The second-order valence-electron chi connectivity index (χ2n) is 4.39. The molecule has 1 heterocycles. The van der Waals surface area contributed by atoms with Crippen LogP contribution in [0.25, 0.3) is 0 Å². The molecule has 2 fully saturated rings. The van der Waals surface area contributed by atoms with E-state index in [1.165, 1.54) is 38.5 Å². The van der Waals surface area contributed by atoms with Crippen molar-refractivity contribution in [1.29, 1.82) is 0 Å². The van der Waals surface area contributed by atoms with Gasteiger partial charge in [0.2, 0.25) is 0 Å². The van der Waals surface area contributed by atoms with E-state index in [1.807, 2.05) is 0 Å². The minimum absolute atomic E-state index is 0.326. The Hall–Kier alpha value is -0.480. The maximum atomic E-state index is 5.63. The number of unbranched alkanes of at least 4 members (excludes halogenated alkanes) is 1. The lowest BCUT2D eigenvalue weighted by molar-refractivity contribution is 0.149. The van der Waals surface area contributed by atoms with Gasteiger partial charge in [-0.15, -0.1) is 12.3 Å². The van der Waals surface area contributed by atoms with Crippen LogP contribution >= 0.6 is 0 Å². The molecular formula is C12H18O. The first-order valence-corrected chi connectivity index (χ1v) is 5.45. The molecule has 0 radical (unpaired) electrons. The maximum Gasteiger partial charge on any atom is 0.0944 e. The Morgan fingerprint density at radius 2 is 2.31 bits per heavy atom. The second kappa shape index (κ2) is 3.72. The van der Waals surface area contributed by atoms with Crippen molar-refractivity contribution in [2.24, 2.45) is 5.92 Å². The van der Waals surface area contributed by atoms with E-state index in [0.29, 0.717) is 5.60 Å². The normalized spacial score (nSPS) is 37.3. The largest absolute Gasteiger partial charge is 0.369 e. The van der Waals surface area contributed by atoms with Crippen LogP contribution in [-0.2, 0) is 4.74 Å². The Kier molecular flexibility index (Phi) is 2.60. The van der Waals surface area contributed by atoms with Crippen molar-refractivity contribution in [2.75, 3.05) is 6.61 Å². The lowest BCUT2D eigenvalue weighted by Crippen LogP contribution is -2.28. The van der Waals surface area contributed by atoms with Crippen molar-refractivity contribution in [2.45, 2.75) is 50.5 Å². The molecule has 13 heavy (non-hydrogen) atoms. The summed E-state index contributed by atoms with van der Waals surface area (Å²) >= 11 is 0. The van der Waals surface area contributed by atoms with Crippen LogP contribution in [-0.4, -0.2) is 12.2 Å². The molecule has 0 aromatic carbocycles. The highest BCUT2D eigenvalue weighted by molar-refractivity contribution is 5.00. The predicted octanol–water partition coefficient (Wildman–Crippen LogP) is 2.75. The third kappa shape index (κ3) is 1.89. The standard InChI is InChI=1S/C12H18O/c1-2-3-4-7-11-8-5-6-9-12(11)10-13-12/h1,11H,3-10H2. The van der Waals surface area contributed by atoms with Crippen molar-refractivity contribution in [3.63, 3.8) is 0 Å². The fourth-order valence-electron chi connectivity index (χ4n) is 2.61. The van der Waals surface area contributed by atoms with Gasteiger partial charge >= 0.3 is 0 Å². The molecule has 0 aromatic rings. The van der Waals surface area contributed by atoms with Crippen LogP contribution in [0.4, 0.5) is 0 Å². The quantitative estimate of drug-likeness (QED) is 0.368. The topological polar surface area (TPSA) is 12.5 Å². The van der Waals surface area contributed by atoms with E-state index in [4.69, 9.17) is 11.2 Å². The average Bonchev–Trinajstić information content (AvgIpc) is 2.90. The van der Waals surface area contributed by atoms with Gasteiger partial charge in [0, 0.05) is 6.42 Å². The number of terminal acetylenes is 1. The van der Waals surface area contributed by atoms with Gasteiger partial charge in [0.1, 0.15) is 0 Å². The summed E-state index contributed by atoms with van der Waals surface area (Å²) in [6.45, 7) is 1.02. The number of hydrogen-bond donors (Lipinski definition) is 0. The zero-order chi connectivity index (χ0) is 9.15. The zero-order valence-electron chi connectivity index (χ0n) is 8.22. The van der Waals surface area contributed by atoms with E-state index in [9.17, 15) is 0 Å². The van der Waals surface area contributed by atoms with Gasteiger partial charge in [-0.05, 0) is 31.6 Å². The Morgan fingerprint density at radius 3 is 3.00 bits per heavy atom. The summed E-state index contributed by atoms with van der Waals surface area (Å²) in [6.07, 6.45) is 14.1. The summed E-state index contributed by atoms with van der Waals surface area (Å²) < 4.78 is 5.63. The van der Waals surface area contributed by atoms with E-state index in [1.54, 1.807) is 0 Å². The lowest BCUT2D eigenvalue weighted by atomic mass is 9.77. The van der Waals surface area contributed by atoms with Crippen LogP contribution in [0.2, 0.25) is 0 Å². The van der Waals surface area contributed by atoms with Gasteiger partial charge in [-0.3, -0.25) is 0 Å². The molecule has 2 unspecified atom stereocenters. The molecule has 72 valence electrons. The molecule has 1 heteroatoms. The molecule has 0 bridgehead atoms. The molecule has 1 spiro atoms. The van der Waals surface area contributed by atoms with Gasteiger partial charge < -0.3 is 4.74 Å². The number of hydrogen-bond acceptors (Lipinski definition) is 1. The van der Waals surface area contributed by atoms with Gasteiger partial charge in [0.25, 0.3) is 0 Å². The first-order chi connectivity index (χ1) is 6.37. The predicted molar refractivity (Wildman–Crippen MR) is 53.3 cm³/mol. The Morgan fingerprint density at radius 1 is 1.46 bits per heavy atom. The van der Waals surface area contributed by atoms with Crippen molar-refractivity contribution in [3.8, 4) is 12.3 Å². The smallest absolute Gasteiger partial charge is 0.0944 e. The SMILES string of the molecule is C#CCCCC1CCCCC12CO2. The fraction of sp³-hybridized carbons (Fsp3) is 0.833. The molecule has 1 aliphatic heterocycles. The highest BCUT2D eigenvalue weighted by atomic mass is 16.6. The molecular weight excluding hydrogens is 160 g/mol. The number of rotatable bonds is 3. The molecule has 2 atom stereocenters. The van der Waals surface area contributed by atoms with Crippen LogP contribution in [0, 0.1) is 18.3 Å². The van der Waals surface area contributed by atoms with Gasteiger partial charge in [-0.2, -0.15) is 0 Å². The summed E-state index contributed by atoms with van der Waals surface area (Å²) in [4.78, 5) is 0. The first-order valence-electron chi connectivity index (χ1n) is 5.45. The molecule has 1 aliphatic carbocycles. The number of epoxide rings is 1. The monoisotopic (exact) mass is 178 g/mol. The summed E-state index contributed by atoms with van der Waals surface area (Å²) in [5.41, 5.74) is 0.326. The fourth-order valence-corrected chi connectivity index (χ4v) is 2.61. The van der Waals surface area contributed by atoms with Crippen LogP contribution in [0.15, 0.2) is 0 Å². The highest BCUT2D eigenvalue weighted by Crippen LogP contribution is 2.47. The third-order valence-electron chi connectivity index (χ3n) is 3.54. The van der Waals surface area contributed by atoms with E-state index in [-0.39, 0.29) is 0 Å². The summed E-state index contributed by atoms with van der Waals surface area (Å²) in [5, 5.41) is 0. The van der Waals surface area contributed by atoms with Crippen LogP contribution in [0.5, 0.6) is 0 Å². The minimum atomic E-state index is 0.326. The average molecular weight is 178 g/mol. The van der Waals surface area contributed by atoms with Crippen molar-refractivity contribution >= 4 is 0 Å². The van der Waals surface area contributed by atoms with E-state index < -0.39 is 0 Å². The molecule has 2 rings (SSSR count). The van der Waals surface area contributed by atoms with Crippen LogP contribution in [0.1, 0.15) is 44.9 Å². The van der Waals surface area contributed by atoms with Gasteiger partial charge in [0.15, 0.2) is 0 Å². The first kappa shape index (κ1) is 9.09. The summed E-state index contributed by atoms with van der Waals surface area (Å²) in [5.74, 6) is 3.53. The molecule has 0 aromatic heterocycles. The van der Waals surface area contributed by atoms with Gasteiger partial charge in [0.05, 0.1) is 12.2 Å². The minimum Gasteiger partial charge on any atom is -0.369 e. The maximum absolute atomic E-state index is 5.63. The molecule has 2 aliphatic rings. The van der Waals surface area contributed by atoms with E-state index >= 15 is 0 Å². The Balaban J connectivity index is 1.80. The summed E-state index contributed by atoms with van der Waals surface area (Å²) in [6, 6.07) is 0.